The van der Waals surface area contributed by atoms with Crippen molar-refractivity contribution in [3.05, 3.63) is 0 Å². The molecule has 0 aromatic rings. The van der Waals surface area contributed by atoms with Gasteiger partial charge in [-0.2, -0.15) is 0 Å². The molecule has 1 heteroatoms. The van der Waals surface area contributed by atoms with Gasteiger partial charge in [0.05, 0.1) is 0 Å². The van der Waals surface area contributed by atoms with Crippen molar-refractivity contribution in [1.29, 1.82) is 0 Å². The van der Waals surface area contributed by atoms with E-state index in [2.05, 4.69) is 12.2 Å². The second-order valence-corrected chi connectivity index (χ2v) is 8.37. The molecule has 1 heterocycles. The zero-order valence-corrected chi connectivity index (χ0v) is 12.0. The van der Waals surface area contributed by atoms with Crippen LogP contribution in [0.4, 0.5) is 0 Å². The van der Waals surface area contributed by atoms with Gasteiger partial charge in [0.15, 0.2) is 0 Å². The van der Waals surface area contributed by atoms with Gasteiger partial charge in [0.1, 0.15) is 0 Å². The van der Waals surface area contributed by atoms with Crippen molar-refractivity contribution < 1.29 is 0 Å². The molecular formula is C17H29N. The van der Waals surface area contributed by atoms with Crippen LogP contribution in [-0.2, 0) is 0 Å². The highest BCUT2D eigenvalue weighted by Gasteiger charge is 2.48. The first kappa shape index (κ1) is 11.8. The summed E-state index contributed by atoms with van der Waals surface area (Å²) in [6.45, 7) is 5.06. The smallest absolute Gasteiger partial charge is 0.000564 e. The van der Waals surface area contributed by atoms with Crippen molar-refractivity contribution in [3.63, 3.8) is 0 Å². The molecule has 1 saturated heterocycles. The first-order valence-electron chi connectivity index (χ1n) is 8.43. The molecule has 5 aliphatic rings. The van der Waals surface area contributed by atoms with Crippen molar-refractivity contribution in [1.82, 2.24) is 5.32 Å². The molecule has 1 aliphatic heterocycles. The van der Waals surface area contributed by atoms with E-state index >= 15 is 0 Å². The van der Waals surface area contributed by atoms with Crippen LogP contribution in [0.15, 0.2) is 0 Å². The molecule has 5 rings (SSSR count). The Morgan fingerprint density at radius 1 is 1.00 bits per heavy atom. The Bertz CT molecular complexity index is 288. The lowest BCUT2D eigenvalue weighted by atomic mass is 9.51. The molecule has 1 atom stereocenters. The van der Waals surface area contributed by atoms with Crippen LogP contribution in [0.5, 0.6) is 0 Å². The molecule has 1 N–H and O–H groups in total. The summed E-state index contributed by atoms with van der Waals surface area (Å²) in [5.74, 6) is 5.69. The quantitative estimate of drug-likeness (QED) is 0.799. The van der Waals surface area contributed by atoms with Crippen LogP contribution in [0.3, 0.4) is 0 Å². The Kier molecular flexibility index (Phi) is 2.76. The number of hydrogen-bond acceptors (Lipinski definition) is 1. The third-order valence-electron chi connectivity index (χ3n) is 6.96. The van der Waals surface area contributed by atoms with Gasteiger partial charge in [-0.05, 0) is 92.9 Å². The SMILES string of the molecule is CC1(CCC2C3CC4CC(C3)CC2C4)CCNC1. The third-order valence-corrected chi connectivity index (χ3v) is 6.96. The first-order valence-corrected chi connectivity index (χ1v) is 8.43. The minimum Gasteiger partial charge on any atom is -0.316 e. The summed E-state index contributed by atoms with van der Waals surface area (Å²) in [5.41, 5.74) is 0.634. The van der Waals surface area contributed by atoms with Crippen LogP contribution in [-0.4, -0.2) is 13.1 Å². The standard InChI is InChI=1S/C17H29N/c1-17(4-5-18-11-17)3-2-16-14-7-12-6-13(9-14)10-15(16)8-12/h12-16,18H,2-11H2,1H3. The maximum Gasteiger partial charge on any atom is 0.000564 e. The Balaban J connectivity index is 1.40. The lowest BCUT2D eigenvalue weighted by Crippen LogP contribution is -2.45. The van der Waals surface area contributed by atoms with E-state index < -0.39 is 0 Å². The van der Waals surface area contributed by atoms with Crippen LogP contribution >= 0.6 is 0 Å². The average molecular weight is 247 g/mol. The Morgan fingerprint density at radius 2 is 1.67 bits per heavy atom. The third kappa shape index (κ3) is 1.94. The van der Waals surface area contributed by atoms with Crippen molar-refractivity contribution >= 4 is 0 Å². The zero-order valence-electron chi connectivity index (χ0n) is 12.0. The molecule has 4 bridgehead atoms. The van der Waals surface area contributed by atoms with Crippen LogP contribution < -0.4 is 5.32 Å². The molecule has 5 fully saturated rings. The maximum atomic E-state index is 3.57. The van der Waals surface area contributed by atoms with Crippen molar-refractivity contribution in [2.75, 3.05) is 13.1 Å². The van der Waals surface area contributed by atoms with E-state index in [9.17, 15) is 0 Å². The van der Waals surface area contributed by atoms with Crippen LogP contribution in [0.1, 0.15) is 58.3 Å². The van der Waals surface area contributed by atoms with E-state index in [0.29, 0.717) is 5.41 Å². The van der Waals surface area contributed by atoms with Crippen LogP contribution in [0, 0.1) is 35.0 Å². The summed E-state index contributed by atoms with van der Waals surface area (Å²) < 4.78 is 0. The topological polar surface area (TPSA) is 12.0 Å². The van der Waals surface area contributed by atoms with Crippen molar-refractivity contribution in [2.24, 2.45) is 35.0 Å². The Morgan fingerprint density at radius 3 is 2.22 bits per heavy atom. The van der Waals surface area contributed by atoms with E-state index in [4.69, 9.17) is 0 Å². The monoisotopic (exact) mass is 247 g/mol. The fraction of sp³-hybridized carbons (Fsp3) is 1.00. The molecule has 0 spiro atoms. The lowest BCUT2D eigenvalue weighted by molar-refractivity contribution is -0.0434. The number of rotatable bonds is 3. The molecular weight excluding hydrogens is 218 g/mol. The summed E-state index contributed by atoms with van der Waals surface area (Å²) in [5, 5.41) is 3.57. The van der Waals surface area contributed by atoms with Gasteiger partial charge in [0.2, 0.25) is 0 Å². The summed E-state index contributed by atoms with van der Waals surface area (Å²) in [7, 11) is 0. The fourth-order valence-corrected chi connectivity index (χ4v) is 6.11. The second kappa shape index (κ2) is 4.23. The molecule has 0 radical (unpaired) electrons. The van der Waals surface area contributed by atoms with E-state index in [1.165, 1.54) is 25.9 Å². The molecule has 0 aromatic heterocycles. The summed E-state index contributed by atoms with van der Waals surface area (Å²) >= 11 is 0. The highest BCUT2D eigenvalue weighted by atomic mass is 14.9. The Labute approximate surface area is 112 Å². The zero-order chi connectivity index (χ0) is 12.2. The molecule has 102 valence electrons. The molecule has 0 aromatic carbocycles. The predicted molar refractivity (Wildman–Crippen MR) is 75.4 cm³/mol. The predicted octanol–water partition coefficient (Wildman–Crippen LogP) is 3.84. The van der Waals surface area contributed by atoms with Crippen LogP contribution in [0.25, 0.3) is 0 Å². The van der Waals surface area contributed by atoms with E-state index in [-0.39, 0.29) is 0 Å². The van der Waals surface area contributed by atoms with E-state index in [1.54, 1.807) is 38.5 Å². The molecule has 18 heavy (non-hydrogen) atoms. The summed E-state index contributed by atoms with van der Waals surface area (Å²) in [6.07, 6.45) is 12.5. The molecule has 4 saturated carbocycles. The average Bonchev–Trinajstić information content (AvgIpc) is 2.75. The van der Waals surface area contributed by atoms with E-state index in [1.807, 2.05) is 0 Å². The highest BCUT2D eigenvalue weighted by molar-refractivity contribution is 4.98. The van der Waals surface area contributed by atoms with Gasteiger partial charge >= 0.3 is 0 Å². The minimum absolute atomic E-state index is 0.634. The van der Waals surface area contributed by atoms with Crippen LogP contribution in [0.2, 0.25) is 0 Å². The normalized spacial score (nSPS) is 54.2. The molecule has 1 nitrogen and oxygen atoms in total. The van der Waals surface area contributed by atoms with Gasteiger partial charge in [0, 0.05) is 6.54 Å². The largest absolute Gasteiger partial charge is 0.316 e. The molecule has 4 aliphatic carbocycles. The van der Waals surface area contributed by atoms with Gasteiger partial charge in [-0.25, -0.2) is 0 Å². The Hall–Kier alpha value is -0.0400. The van der Waals surface area contributed by atoms with Gasteiger partial charge < -0.3 is 5.32 Å². The lowest BCUT2D eigenvalue weighted by Gasteiger charge is -2.55. The maximum absolute atomic E-state index is 3.57. The second-order valence-electron chi connectivity index (χ2n) is 8.37. The molecule has 1 unspecified atom stereocenters. The number of hydrogen-bond donors (Lipinski definition) is 1. The molecule has 0 amide bonds. The van der Waals surface area contributed by atoms with E-state index in [0.717, 1.165) is 29.6 Å². The van der Waals surface area contributed by atoms with Gasteiger partial charge in [-0.1, -0.05) is 6.92 Å². The van der Waals surface area contributed by atoms with Gasteiger partial charge in [-0.15, -0.1) is 0 Å². The van der Waals surface area contributed by atoms with Crippen molar-refractivity contribution in [2.45, 2.75) is 58.3 Å². The fourth-order valence-electron chi connectivity index (χ4n) is 6.11. The van der Waals surface area contributed by atoms with Gasteiger partial charge in [0.25, 0.3) is 0 Å². The first-order chi connectivity index (χ1) is 8.72. The summed E-state index contributed by atoms with van der Waals surface area (Å²) in [6, 6.07) is 0. The summed E-state index contributed by atoms with van der Waals surface area (Å²) in [4.78, 5) is 0. The van der Waals surface area contributed by atoms with Crippen molar-refractivity contribution in [3.8, 4) is 0 Å². The highest BCUT2D eigenvalue weighted by Crippen LogP contribution is 2.58. The number of nitrogens with one attached hydrogen (secondary N) is 1. The van der Waals surface area contributed by atoms with Gasteiger partial charge in [-0.3, -0.25) is 0 Å². The minimum atomic E-state index is 0.634.